The van der Waals surface area contributed by atoms with Crippen LogP contribution in [0.2, 0.25) is 0 Å². The maximum absolute atomic E-state index is 11.9. The maximum Gasteiger partial charge on any atom is 0.309 e. The molecule has 1 N–H and O–H groups in total. The second-order valence-corrected chi connectivity index (χ2v) is 8.75. The van der Waals surface area contributed by atoms with E-state index < -0.39 is 11.4 Å². The molecule has 2 heteroatoms. The first-order chi connectivity index (χ1) is 10.3. The Morgan fingerprint density at radius 1 is 1.32 bits per heavy atom. The number of carbonyl (C=O) groups is 1. The molecule has 2 saturated carbocycles. The van der Waals surface area contributed by atoms with Crippen molar-refractivity contribution in [3.05, 3.63) is 24.3 Å². The molecule has 3 aliphatic carbocycles. The van der Waals surface area contributed by atoms with Crippen LogP contribution in [0, 0.1) is 28.1 Å². The third-order valence-electron chi connectivity index (χ3n) is 7.32. The Labute approximate surface area is 134 Å². The number of aliphatic carboxylic acids is 1. The van der Waals surface area contributed by atoms with Gasteiger partial charge in [-0.15, -0.1) is 6.58 Å². The summed E-state index contributed by atoms with van der Waals surface area (Å²) in [5.41, 5.74) is 1.35. The second kappa shape index (κ2) is 4.97. The minimum absolute atomic E-state index is 0.0941. The zero-order chi connectivity index (χ0) is 16.2. The van der Waals surface area contributed by atoms with Crippen LogP contribution in [0.4, 0.5) is 0 Å². The molecule has 0 aromatic heterocycles. The Balaban J connectivity index is 1.99. The van der Waals surface area contributed by atoms with Crippen molar-refractivity contribution in [2.45, 2.75) is 65.7 Å². The van der Waals surface area contributed by atoms with E-state index in [0.717, 1.165) is 38.5 Å². The van der Waals surface area contributed by atoms with E-state index in [-0.39, 0.29) is 10.8 Å². The second-order valence-electron chi connectivity index (χ2n) is 8.75. The molecular formula is C20H30O2. The van der Waals surface area contributed by atoms with Crippen molar-refractivity contribution in [1.82, 2.24) is 0 Å². The summed E-state index contributed by atoms with van der Waals surface area (Å²) in [6.45, 7) is 10.7. The first kappa shape index (κ1) is 15.8. The normalized spacial score (nSPS) is 47.9. The van der Waals surface area contributed by atoms with Gasteiger partial charge in [-0.3, -0.25) is 4.79 Å². The number of hydrogen-bond donors (Lipinski definition) is 1. The highest BCUT2D eigenvalue weighted by Crippen LogP contribution is 2.63. The largest absolute Gasteiger partial charge is 0.481 e. The maximum atomic E-state index is 11.9. The smallest absolute Gasteiger partial charge is 0.309 e. The minimum Gasteiger partial charge on any atom is -0.481 e. The molecule has 3 aliphatic rings. The van der Waals surface area contributed by atoms with Crippen LogP contribution in [0.3, 0.4) is 0 Å². The molecule has 2 fully saturated rings. The van der Waals surface area contributed by atoms with E-state index >= 15 is 0 Å². The molecule has 0 unspecified atom stereocenters. The number of rotatable bonds is 2. The van der Waals surface area contributed by atoms with Crippen molar-refractivity contribution in [3.8, 4) is 0 Å². The molecule has 0 radical (unpaired) electrons. The van der Waals surface area contributed by atoms with Crippen molar-refractivity contribution < 1.29 is 9.90 Å². The summed E-state index contributed by atoms with van der Waals surface area (Å²) in [7, 11) is 0. The summed E-state index contributed by atoms with van der Waals surface area (Å²) in [5, 5.41) is 9.84. The molecule has 0 amide bonds. The highest BCUT2D eigenvalue weighted by molar-refractivity contribution is 5.75. The third-order valence-corrected chi connectivity index (χ3v) is 7.32. The van der Waals surface area contributed by atoms with Crippen LogP contribution in [-0.2, 0) is 4.79 Å². The van der Waals surface area contributed by atoms with Gasteiger partial charge in [0.1, 0.15) is 0 Å². The van der Waals surface area contributed by atoms with Gasteiger partial charge in [-0.05, 0) is 68.1 Å². The average Bonchev–Trinajstić information content (AvgIpc) is 2.46. The zero-order valence-electron chi connectivity index (χ0n) is 14.3. The summed E-state index contributed by atoms with van der Waals surface area (Å²) in [5.74, 6) is 0.338. The van der Waals surface area contributed by atoms with Crippen LogP contribution >= 0.6 is 0 Å². The van der Waals surface area contributed by atoms with Crippen LogP contribution in [0.1, 0.15) is 65.7 Å². The van der Waals surface area contributed by atoms with E-state index in [0.29, 0.717) is 11.8 Å². The molecule has 0 aliphatic heterocycles. The molecule has 22 heavy (non-hydrogen) atoms. The highest BCUT2D eigenvalue weighted by Gasteiger charge is 2.57. The SMILES string of the molecule is C=C[C@@]1(C)CC=C2[C@@H](CC[C@H]3[C@@](C)(C(=O)O)CCC[C@]23C)C1. The van der Waals surface area contributed by atoms with Crippen LogP contribution in [0.25, 0.3) is 0 Å². The number of carboxylic acid groups (broad SMARTS) is 1. The minimum atomic E-state index is -0.589. The standard InChI is InChI=1S/C20H30O2/c1-5-18(2)12-9-15-14(13-18)7-8-16-19(15,3)10-6-11-20(16,4)17(21)22/h5,9,14,16H,1,6-8,10-13H2,2-4H3,(H,21,22)/t14-,16+,18-,19+,20-/m0/s1. The predicted octanol–water partition coefficient (Wildman–Crippen LogP) is 5.21. The van der Waals surface area contributed by atoms with E-state index in [1.165, 1.54) is 6.42 Å². The molecule has 0 aromatic carbocycles. The summed E-state index contributed by atoms with van der Waals surface area (Å²) in [6.07, 6.45) is 12.1. The van der Waals surface area contributed by atoms with Gasteiger partial charge in [0, 0.05) is 0 Å². The first-order valence-electron chi connectivity index (χ1n) is 8.83. The summed E-state index contributed by atoms with van der Waals surface area (Å²) < 4.78 is 0. The molecule has 122 valence electrons. The Morgan fingerprint density at radius 2 is 2.05 bits per heavy atom. The number of carboxylic acids is 1. The lowest BCUT2D eigenvalue weighted by Crippen LogP contribution is -2.52. The topological polar surface area (TPSA) is 37.3 Å². The van der Waals surface area contributed by atoms with Crippen LogP contribution in [0.5, 0.6) is 0 Å². The van der Waals surface area contributed by atoms with E-state index in [4.69, 9.17) is 0 Å². The lowest BCUT2D eigenvalue weighted by atomic mass is 9.46. The van der Waals surface area contributed by atoms with Crippen molar-refractivity contribution >= 4 is 5.97 Å². The Kier molecular flexibility index (Phi) is 3.58. The molecule has 0 spiro atoms. The molecule has 2 nitrogen and oxygen atoms in total. The quantitative estimate of drug-likeness (QED) is 0.711. The molecular weight excluding hydrogens is 272 g/mol. The molecule has 0 aromatic rings. The van der Waals surface area contributed by atoms with E-state index in [2.05, 4.69) is 32.6 Å². The fourth-order valence-electron chi connectivity index (χ4n) is 5.87. The van der Waals surface area contributed by atoms with Crippen molar-refractivity contribution in [1.29, 1.82) is 0 Å². The van der Waals surface area contributed by atoms with Crippen LogP contribution < -0.4 is 0 Å². The van der Waals surface area contributed by atoms with Gasteiger partial charge in [0.05, 0.1) is 5.41 Å². The van der Waals surface area contributed by atoms with Crippen molar-refractivity contribution in [3.63, 3.8) is 0 Å². The Morgan fingerprint density at radius 3 is 2.68 bits per heavy atom. The zero-order valence-corrected chi connectivity index (χ0v) is 14.3. The van der Waals surface area contributed by atoms with Gasteiger partial charge in [-0.1, -0.05) is 38.0 Å². The van der Waals surface area contributed by atoms with Gasteiger partial charge < -0.3 is 5.11 Å². The van der Waals surface area contributed by atoms with E-state index in [1.54, 1.807) is 5.57 Å². The summed E-state index contributed by atoms with van der Waals surface area (Å²) in [6, 6.07) is 0. The number of fused-ring (bicyclic) bond motifs is 3. The molecule has 0 bridgehead atoms. The highest BCUT2D eigenvalue weighted by atomic mass is 16.4. The van der Waals surface area contributed by atoms with Crippen LogP contribution in [0.15, 0.2) is 24.3 Å². The molecule has 0 saturated heterocycles. The summed E-state index contributed by atoms with van der Waals surface area (Å²) >= 11 is 0. The van der Waals surface area contributed by atoms with Crippen molar-refractivity contribution in [2.75, 3.05) is 0 Å². The van der Waals surface area contributed by atoms with Gasteiger partial charge >= 0.3 is 5.97 Å². The van der Waals surface area contributed by atoms with E-state index in [9.17, 15) is 9.90 Å². The fourth-order valence-corrected chi connectivity index (χ4v) is 5.87. The average molecular weight is 302 g/mol. The Hall–Kier alpha value is -1.05. The van der Waals surface area contributed by atoms with Crippen molar-refractivity contribution in [2.24, 2.45) is 28.1 Å². The third kappa shape index (κ3) is 2.10. The van der Waals surface area contributed by atoms with E-state index in [1.807, 2.05) is 6.92 Å². The van der Waals surface area contributed by atoms with Gasteiger partial charge in [-0.25, -0.2) is 0 Å². The predicted molar refractivity (Wildman–Crippen MR) is 89.5 cm³/mol. The van der Waals surface area contributed by atoms with Gasteiger partial charge in [0.25, 0.3) is 0 Å². The van der Waals surface area contributed by atoms with Gasteiger partial charge in [0.15, 0.2) is 0 Å². The lowest BCUT2D eigenvalue weighted by molar-refractivity contribution is -0.160. The lowest BCUT2D eigenvalue weighted by Gasteiger charge is -2.58. The molecule has 5 atom stereocenters. The monoisotopic (exact) mass is 302 g/mol. The van der Waals surface area contributed by atoms with Crippen LogP contribution in [-0.4, -0.2) is 11.1 Å². The Bertz CT molecular complexity index is 534. The number of allylic oxidation sites excluding steroid dienone is 3. The fraction of sp³-hybridized carbons (Fsp3) is 0.750. The summed E-state index contributed by atoms with van der Waals surface area (Å²) in [4.78, 5) is 11.9. The molecule has 3 rings (SSSR count). The van der Waals surface area contributed by atoms with Gasteiger partial charge in [-0.2, -0.15) is 0 Å². The van der Waals surface area contributed by atoms with Gasteiger partial charge in [0.2, 0.25) is 0 Å². The first-order valence-corrected chi connectivity index (χ1v) is 8.83. The number of hydrogen-bond acceptors (Lipinski definition) is 1. The molecule has 0 heterocycles.